The molecule has 1 rings (SSSR count). The van der Waals surface area contributed by atoms with E-state index < -0.39 is 6.85 Å². The summed E-state index contributed by atoms with van der Waals surface area (Å²) in [5, 5.41) is 0. The van der Waals surface area contributed by atoms with Gasteiger partial charge in [-0.15, -0.1) is 0 Å². The van der Waals surface area contributed by atoms with Gasteiger partial charge >= 0.3 is 0 Å². The Balaban J connectivity index is 2.99. The summed E-state index contributed by atoms with van der Waals surface area (Å²) in [5.41, 5.74) is 0.126. The van der Waals surface area contributed by atoms with Crippen LogP contribution in [0.1, 0.15) is 9.81 Å². The quantitative estimate of drug-likeness (QED) is 0.552. The fourth-order valence-corrected chi connectivity index (χ4v) is 0.610. The molecule has 0 aliphatic carbocycles. The number of pyridine rings is 1. The summed E-state index contributed by atoms with van der Waals surface area (Å²) in [7, 11) is 0. The molecule has 1 heterocycles. The lowest BCUT2D eigenvalue weighted by Gasteiger charge is -1.87. The Hall–Kier alpha value is -0.370. The van der Waals surface area contributed by atoms with Crippen molar-refractivity contribution in [2.75, 3.05) is 0 Å². The highest BCUT2D eigenvalue weighted by Gasteiger charge is 1.82. The van der Waals surface area contributed by atoms with Gasteiger partial charge in [-0.1, -0.05) is 0 Å². The van der Waals surface area contributed by atoms with Crippen LogP contribution < -0.4 is 0 Å². The molecule has 1 aromatic heterocycles. The number of rotatable bonds is 0. The van der Waals surface area contributed by atoms with Crippen molar-refractivity contribution in [1.29, 1.82) is 0 Å². The molecule has 0 unspecified atom stereocenters. The number of halogens is 1. The molecule has 0 bridgehead atoms. The first-order chi connectivity index (χ1) is 5.00. The van der Waals surface area contributed by atoms with E-state index in [1.54, 1.807) is 6.07 Å². The number of hydrogen-bond acceptors (Lipinski definition) is 1. The number of aryl methyl sites for hydroxylation is 1. The van der Waals surface area contributed by atoms with Crippen molar-refractivity contribution in [3.8, 4) is 0 Å². The van der Waals surface area contributed by atoms with Gasteiger partial charge < -0.3 is 0 Å². The van der Waals surface area contributed by atoms with E-state index >= 15 is 0 Å². The molecule has 0 radical (unpaired) electrons. The van der Waals surface area contributed by atoms with Gasteiger partial charge in [0.1, 0.15) is 0 Å². The molecule has 0 aliphatic heterocycles. The maximum absolute atomic E-state index is 7.00. The van der Waals surface area contributed by atoms with E-state index in [9.17, 15) is 0 Å². The van der Waals surface area contributed by atoms with Gasteiger partial charge in [-0.05, 0) is 34.9 Å². The van der Waals surface area contributed by atoms with Gasteiger partial charge in [0.05, 0.1) is 0 Å². The summed E-state index contributed by atoms with van der Waals surface area (Å²) in [5.74, 6) is 0. The van der Waals surface area contributed by atoms with Crippen LogP contribution in [0.15, 0.2) is 22.8 Å². The Morgan fingerprint density at radius 2 is 2.62 bits per heavy atom. The zero-order valence-corrected chi connectivity index (χ0v) is 5.64. The van der Waals surface area contributed by atoms with Crippen molar-refractivity contribution in [3.63, 3.8) is 0 Å². The Morgan fingerprint density at radius 3 is 3.12 bits per heavy atom. The van der Waals surface area contributed by atoms with Crippen molar-refractivity contribution in [2.24, 2.45) is 0 Å². The van der Waals surface area contributed by atoms with E-state index in [2.05, 4.69) is 20.9 Å². The normalized spacial score (nSPS) is 16.4. The molecule has 0 aliphatic rings. The number of hydrogen-bond donors (Lipinski definition) is 0. The molecule has 0 saturated heterocycles. The van der Waals surface area contributed by atoms with Gasteiger partial charge in [-0.2, -0.15) is 0 Å². The largest absolute Gasteiger partial charge is 0.260 e. The lowest BCUT2D eigenvalue weighted by atomic mass is 10.5. The molecular formula is C6H6BrN. The lowest BCUT2D eigenvalue weighted by Crippen LogP contribution is -1.75. The third-order valence-electron chi connectivity index (χ3n) is 0.727. The summed E-state index contributed by atoms with van der Waals surface area (Å²) in [4.78, 5) is 3.74. The smallest absolute Gasteiger partial charge is 0.0413 e. The molecule has 1 aromatic rings. The van der Waals surface area contributed by atoms with Crippen LogP contribution in [-0.2, 0) is 0 Å². The molecular weight excluding hydrogens is 167 g/mol. The zero-order valence-electron chi connectivity index (χ0n) is 7.06. The summed E-state index contributed by atoms with van der Waals surface area (Å²) in [6.45, 7) is -2.10. The number of aromatic nitrogens is 1. The Kier molecular flexibility index (Phi) is 0.841. The molecule has 0 spiro atoms. The summed E-state index contributed by atoms with van der Waals surface area (Å²) < 4.78 is 21.8. The second kappa shape index (κ2) is 2.27. The maximum Gasteiger partial charge on any atom is 0.0413 e. The van der Waals surface area contributed by atoms with Crippen molar-refractivity contribution < 1.29 is 4.11 Å². The van der Waals surface area contributed by atoms with Gasteiger partial charge in [0.15, 0.2) is 0 Å². The minimum absolute atomic E-state index is 0.126. The zero-order chi connectivity index (χ0) is 8.48. The summed E-state index contributed by atoms with van der Waals surface area (Å²) >= 11 is 3.17. The second-order valence-corrected chi connectivity index (χ2v) is 2.28. The van der Waals surface area contributed by atoms with Crippen molar-refractivity contribution in [1.82, 2.24) is 4.98 Å². The van der Waals surface area contributed by atoms with Crippen molar-refractivity contribution >= 4 is 15.9 Å². The molecule has 8 heavy (non-hydrogen) atoms. The fourth-order valence-electron chi connectivity index (χ4n) is 0.376. The molecule has 0 N–H and O–H groups in total. The van der Waals surface area contributed by atoms with E-state index in [1.807, 2.05) is 0 Å². The van der Waals surface area contributed by atoms with E-state index in [4.69, 9.17) is 4.11 Å². The highest BCUT2D eigenvalue weighted by molar-refractivity contribution is 9.10. The first-order valence-corrected chi connectivity index (χ1v) is 2.91. The van der Waals surface area contributed by atoms with Crippen molar-refractivity contribution in [2.45, 2.75) is 6.85 Å². The molecule has 0 aromatic carbocycles. The highest BCUT2D eigenvalue weighted by atomic mass is 79.9. The van der Waals surface area contributed by atoms with E-state index in [0.29, 0.717) is 0 Å². The summed E-state index contributed by atoms with van der Waals surface area (Å²) in [6.07, 6.45) is 1.47. The van der Waals surface area contributed by atoms with Crippen LogP contribution in [0.5, 0.6) is 0 Å². The van der Waals surface area contributed by atoms with Crippen molar-refractivity contribution in [3.05, 3.63) is 28.5 Å². The first-order valence-electron chi connectivity index (χ1n) is 3.62. The molecule has 0 saturated carbocycles. The van der Waals surface area contributed by atoms with Crippen LogP contribution in [0.2, 0.25) is 0 Å². The standard InChI is InChI=1S/C6H6BrN/c1-5-2-3-6(7)4-8-5/h2-4H,1H3/i1+1D3. The first kappa shape index (κ1) is 2.97. The summed E-state index contributed by atoms with van der Waals surface area (Å²) in [6, 6.07) is 3.14. The van der Waals surface area contributed by atoms with Gasteiger partial charge in [-0.3, -0.25) is 4.98 Å². The topological polar surface area (TPSA) is 12.9 Å². The van der Waals surface area contributed by atoms with Gasteiger partial charge in [0, 0.05) is 20.5 Å². The highest BCUT2D eigenvalue weighted by Crippen LogP contribution is 2.05. The maximum atomic E-state index is 7.00. The molecule has 1 nitrogen and oxygen atoms in total. The van der Waals surface area contributed by atoms with Crippen LogP contribution in [-0.4, -0.2) is 4.98 Å². The van der Waals surface area contributed by atoms with Crippen LogP contribution >= 0.6 is 15.9 Å². The van der Waals surface area contributed by atoms with Gasteiger partial charge in [-0.25, -0.2) is 0 Å². The minimum Gasteiger partial charge on any atom is -0.260 e. The monoisotopic (exact) mass is 175 g/mol. The van der Waals surface area contributed by atoms with E-state index in [0.717, 1.165) is 4.47 Å². The third-order valence-corrected chi connectivity index (χ3v) is 1.20. The van der Waals surface area contributed by atoms with Crippen LogP contribution in [0.4, 0.5) is 0 Å². The van der Waals surface area contributed by atoms with E-state index in [-0.39, 0.29) is 5.69 Å². The predicted molar refractivity (Wildman–Crippen MR) is 36.7 cm³/mol. The average Bonchev–Trinajstić information content (AvgIpc) is 1.86. The third kappa shape index (κ3) is 1.30. The molecule has 0 fully saturated rings. The molecule has 0 amide bonds. The minimum atomic E-state index is -2.10. The van der Waals surface area contributed by atoms with Crippen LogP contribution in [0, 0.1) is 6.85 Å². The van der Waals surface area contributed by atoms with E-state index in [1.165, 1.54) is 12.3 Å². The Bertz CT molecular complexity index is 241. The van der Waals surface area contributed by atoms with Crippen LogP contribution in [0.25, 0.3) is 0 Å². The number of nitrogens with zero attached hydrogens (tertiary/aromatic N) is 1. The molecule has 0 atom stereocenters. The fraction of sp³-hybridized carbons (Fsp3) is 0.167. The average molecular weight is 176 g/mol. The SMILES string of the molecule is [2H][13C]([2H])([2H])c1ccc(Br)cn1. The lowest BCUT2D eigenvalue weighted by molar-refractivity contribution is 1.19. The van der Waals surface area contributed by atoms with Gasteiger partial charge in [0.25, 0.3) is 0 Å². The predicted octanol–water partition coefficient (Wildman–Crippen LogP) is 2.15. The Labute approximate surface area is 61.1 Å². The second-order valence-electron chi connectivity index (χ2n) is 1.36. The molecule has 42 valence electrons. The van der Waals surface area contributed by atoms with Gasteiger partial charge in [0.2, 0.25) is 0 Å². The molecule has 2 heteroatoms. The van der Waals surface area contributed by atoms with Crippen LogP contribution in [0.3, 0.4) is 0 Å². The Morgan fingerprint density at radius 1 is 1.75 bits per heavy atom.